The van der Waals surface area contributed by atoms with Crippen LogP contribution in [0.4, 0.5) is 0 Å². The molecule has 1 heterocycles. The van der Waals surface area contributed by atoms with Gasteiger partial charge in [0.05, 0.1) is 12.1 Å². The van der Waals surface area contributed by atoms with Gasteiger partial charge < -0.3 is 9.30 Å². The summed E-state index contributed by atoms with van der Waals surface area (Å²) >= 11 is 0. The molecule has 0 amide bonds. The normalized spacial score (nSPS) is 10.4. The maximum atomic E-state index is 12.3. The van der Waals surface area contributed by atoms with Crippen LogP contribution >= 0.6 is 0 Å². The number of aromatic nitrogens is 1. The lowest BCUT2D eigenvalue weighted by Crippen LogP contribution is -2.20. The fraction of sp³-hybridized carbons (Fsp3) is 0.200. The highest BCUT2D eigenvalue weighted by atomic mass is 16.5. The van der Waals surface area contributed by atoms with Crippen LogP contribution < -0.4 is 5.43 Å². The summed E-state index contributed by atoms with van der Waals surface area (Å²) in [5.74, 6) is -0.587. The second kappa shape index (κ2) is 5.52. The molecule has 0 radical (unpaired) electrons. The van der Waals surface area contributed by atoms with E-state index in [2.05, 4.69) is 6.58 Å². The second-order valence-corrected chi connectivity index (χ2v) is 4.05. The van der Waals surface area contributed by atoms with Crippen molar-refractivity contribution in [2.45, 2.75) is 13.5 Å². The van der Waals surface area contributed by atoms with E-state index >= 15 is 0 Å². The SMILES string of the molecule is C=CCn1cc(C(=O)OCC)c(=O)c2ccccc21. The van der Waals surface area contributed by atoms with Crippen molar-refractivity contribution < 1.29 is 9.53 Å². The number of allylic oxidation sites excluding steroid dienone is 1. The smallest absolute Gasteiger partial charge is 0.343 e. The molecule has 0 saturated heterocycles. The lowest BCUT2D eigenvalue weighted by molar-refractivity contribution is 0.0524. The van der Waals surface area contributed by atoms with Crippen molar-refractivity contribution >= 4 is 16.9 Å². The van der Waals surface area contributed by atoms with Crippen LogP contribution in [0, 0.1) is 0 Å². The average Bonchev–Trinajstić information content (AvgIpc) is 2.42. The predicted octanol–water partition coefficient (Wildman–Crippen LogP) is 2.36. The van der Waals surface area contributed by atoms with E-state index < -0.39 is 5.97 Å². The Hall–Kier alpha value is -2.36. The van der Waals surface area contributed by atoms with Gasteiger partial charge in [-0.15, -0.1) is 6.58 Å². The number of pyridine rings is 1. The van der Waals surface area contributed by atoms with E-state index in [-0.39, 0.29) is 17.6 Å². The van der Waals surface area contributed by atoms with Gasteiger partial charge in [-0.25, -0.2) is 4.79 Å². The third-order valence-electron chi connectivity index (χ3n) is 2.81. The lowest BCUT2D eigenvalue weighted by Gasteiger charge is -2.11. The molecule has 0 spiro atoms. The molecule has 1 aromatic carbocycles. The molecule has 1 aromatic heterocycles. The van der Waals surface area contributed by atoms with Gasteiger partial charge in [0.1, 0.15) is 5.56 Å². The summed E-state index contributed by atoms with van der Waals surface area (Å²) in [6.45, 7) is 6.15. The summed E-state index contributed by atoms with van der Waals surface area (Å²) in [5.41, 5.74) is 0.539. The van der Waals surface area contributed by atoms with Crippen LogP contribution in [0.1, 0.15) is 17.3 Å². The summed E-state index contributed by atoms with van der Waals surface area (Å²) in [7, 11) is 0. The number of carbonyl (C=O) groups excluding carboxylic acids is 1. The number of hydrogen-bond donors (Lipinski definition) is 0. The van der Waals surface area contributed by atoms with E-state index in [1.54, 1.807) is 25.1 Å². The fourth-order valence-electron chi connectivity index (χ4n) is 1.99. The van der Waals surface area contributed by atoms with E-state index in [1.165, 1.54) is 6.20 Å². The molecule has 0 N–H and O–H groups in total. The van der Waals surface area contributed by atoms with E-state index in [4.69, 9.17) is 4.74 Å². The molecule has 0 aliphatic rings. The minimum absolute atomic E-state index is 0.0578. The van der Waals surface area contributed by atoms with Crippen molar-refractivity contribution in [3.05, 3.63) is 58.9 Å². The zero-order valence-corrected chi connectivity index (χ0v) is 10.8. The highest BCUT2D eigenvalue weighted by Crippen LogP contribution is 2.12. The van der Waals surface area contributed by atoms with Crippen LogP contribution in [0.25, 0.3) is 10.9 Å². The molecule has 0 atom stereocenters. The van der Waals surface area contributed by atoms with E-state index in [1.807, 2.05) is 16.7 Å². The highest BCUT2D eigenvalue weighted by molar-refractivity contribution is 5.93. The molecule has 0 aliphatic carbocycles. The van der Waals surface area contributed by atoms with Crippen LogP contribution in [0.2, 0.25) is 0 Å². The number of esters is 1. The Morgan fingerprint density at radius 1 is 1.42 bits per heavy atom. The molecule has 4 heteroatoms. The van der Waals surface area contributed by atoms with Gasteiger partial charge in [-0.3, -0.25) is 4.79 Å². The fourth-order valence-corrected chi connectivity index (χ4v) is 1.99. The summed E-state index contributed by atoms with van der Waals surface area (Å²) in [4.78, 5) is 24.1. The first-order chi connectivity index (χ1) is 9.19. The summed E-state index contributed by atoms with van der Waals surface area (Å²) in [6, 6.07) is 7.18. The number of benzene rings is 1. The molecule has 0 unspecified atom stereocenters. The molecule has 98 valence electrons. The molecular formula is C15H15NO3. The van der Waals surface area contributed by atoms with Crippen molar-refractivity contribution in [2.24, 2.45) is 0 Å². The van der Waals surface area contributed by atoms with E-state index in [0.29, 0.717) is 11.9 Å². The number of nitrogens with zero attached hydrogens (tertiary/aromatic N) is 1. The van der Waals surface area contributed by atoms with Gasteiger partial charge in [0.2, 0.25) is 5.43 Å². The van der Waals surface area contributed by atoms with E-state index in [0.717, 1.165) is 5.52 Å². The molecule has 2 aromatic rings. The Morgan fingerprint density at radius 2 is 2.16 bits per heavy atom. The number of para-hydroxylation sites is 1. The first-order valence-electron chi connectivity index (χ1n) is 6.09. The van der Waals surface area contributed by atoms with Crippen LogP contribution in [0.3, 0.4) is 0 Å². The Balaban J connectivity index is 2.72. The van der Waals surface area contributed by atoms with Gasteiger partial charge in [-0.1, -0.05) is 18.2 Å². The minimum Gasteiger partial charge on any atom is -0.462 e. The second-order valence-electron chi connectivity index (χ2n) is 4.05. The standard InChI is InChI=1S/C15H15NO3/c1-3-9-16-10-12(15(18)19-4-2)14(17)11-7-5-6-8-13(11)16/h3,5-8,10H,1,4,9H2,2H3. The number of hydrogen-bond acceptors (Lipinski definition) is 3. The number of carbonyl (C=O) groups is 1. The zero-order chi connectivity index (χ0) is 13.8. The Morgan fingerprint density at radius 3 is 2.84 bits per heavy atom. The molecule has 0 bridgehead atoms. The van der Waals surface area contributed by atoms with Gasteiger partial charge in [-0.2, -0.15) is 0 Å². The molecule has 19 heavy (non-hydrogen) atoms. The number of ether oxygens (including phenoxy) is 1. The highest BCUT2D eigenvalue weighted by Gasteiger charge is 2.15. The first-order valence-corrected chi connectivity index (χ1v) is 6.09. The van der Waals surface area contributed by atoms with Gasteiger partial charge in [0.25, 0.3) is 0 Å². The Bertz CT molecular complexity index is 685. The molecule has 0 fully saturated rings. The largest absolute Gasteiger partial charge is 0.462 e. The number of rotatable bonds is 4. The van der Waals surface area contributed by atoms with Gasteiger partial charge in [-0.05, 0) is 19.1 Å². The van der Waals surface area contributed by atoms with Crippen molar-refractivity contribution in [3.63, 3.8) is 0 Å². The van der Waals surface area contributed by atoms with Crippen molar-refractivity contribution in [1.29, 1.82) is 0 Å². The monoisotopic (exact) mass is 257 g/mol. The Kier molecular flexibility index (Phi) is 3.80. The predicted molar refractivity (Wildman–Crippen MR) is 74.4 cm³/mol. The van der Waals surface area contributed by atoms with Gasteiger partial charge in [0.15, 0.2) is 0 Å². The van der Waals surface area contributed by atoms with E-state index in [9.17, 15) is 9.59 Å². The maximum absolute atomic E-state index is 12.3. The maximum Gasteiger partial charge on any atom is 0.343 e. The zero-order valence-electron chi connectivity index (χ0n) is 10.8. The number of fused-ring (bicyclic) bond motifs is 1. The molecule has 2 rings (SSSR count). The summed E-state index contributed by atoms with van der Waals surface area (Å²) < 4.78 is 6.73. The summed E-state index contributed by atoms with van der Waals surface area (Å²) in [5, 5.41) is 0.509. The van der Waals surface area contributed by atoms with Crippen LogP contribution in [-0.4, -0.2) is 17.1 Å². The van der Waals surface area contributed by atoms with Gasteiger partial charge >= 0.3 is 5.97 Å². The first kappa shape index (κ1) is 13.1. The molecule has 4 nitrogen and oxygen atoms in total. The third kappa shape index (κ3) is 2.42. The molecular weight excluding hydrogens is 242 g/mol. The van der Waals surface area contributed by atoms with Crippen LogP contribution in [0.15, 0.2) is 47.9 Å². The van der Waals surface area contributed by atoms with Crippen molar-refractivity contribution in [1.82, 2.24) is 4.57 Å². The van der Waals surface area contributed by atoms with Crippen LogP contribution in [-0.2, 0) is 11.3 Å². The van der Waals surface area contributed by atoms with Gasteiger partial charge in [0, 0.05) is 18.1 Å². The summed E-state index contributed by atoms with van der Waals surface area (Å²) in [6.07, 6.45) is 3.25. The van der Waals surface area contributed by atoms with Crippen molar-refractivity contribution in [3.8, 4) is 0 Å². The minimum atomic E-state index is -0.587. The Labute approximate surface area is 110 Å². The van der Waals surface area contributed by atoms with Crippen molar-refractivity contribution in [2.75, 3.05) is 6.61 Å². The average molecular weight is 257 g/mol. The third-order valence-corrected chi connectivity index (χ3v) is 2.81. The van der Waals surface area contributed by atoms with Crippen LogP contribution in [0.5, 0.6) is 0 Å². The lowest BCUT2D eigenvalue weighted by atomic mass is 10.1. The quantitative estimate of drug-likeness (QED) is 0.624. The topological polar surface area (TPSA) is 48.3 Å². The molecule has 0 aliphatic heterocycles. The molecule has 0 saturated carbocycles.